The van der Waals surface area contributed by atoms with Gasteiger partial charge in [0.25, 0.3) is 6.30 Å². The van der Waals surface area contributed by atoms with Crippen molar-refractivity contribution in [3.63, 3.8) is 0 Å². The van der Waals surface area contributed by atoms with Gasteiger partial charge in [-0.3, -0.25) is 0 Å². The second-order valence-electron chi connectivity index (χ2n) is 1.81. The Bertz CT molecular complexity index is 275. The van der Waals surface area contributed by atoms with Crippen LogP contribution in [0.15, 0.2) is 12.4 Å². The molecule has 0 aliphatic carbocycles. The van der Waals surface area contributed by atoms with Crippen molar-refractivity contribution in [3.8, 4) is 0 Å². The van der Waals surface area contributed by atoms with E-state index in [0.29, 0.717) is 4.68 Å². The molecule has 0 amide bonds. The molecule has 1 rings (SSSR count). The Kier molecular flexibility index (Phi) is 2.09. The summed E-state index contributed by atoms with van der Waals surface area (Å²) in [5, 5.41) is 11.7. The highest BCUT2D eigenvalue weighted by molar-refractivity contribution is 6.30. The Morgan fingerprint density at radius 1 is 1.91 bits per heavy atom. The van der Waals surface area contributed by atoms with E-state index in [4.69, 9.17) is 16.7 Å². The summed E-state index contributed by atoms with van der Waals surface area (Å²) in [4.78, 5) is 10.0. The fraction of sp³-hybridized carbons (Fsp3) is 0.200. The summed E-state index contributed by atoms with van der Waals surface area (Å²) in [7, 11) is 0. The van der Waals surface area contributed by atoms with Gasteiger partial charge in [0.2, 0.25) is 0 Å². The number of hydrogen-bond acceptors (Lipinski definition) is 2. The molecular formula is C5H4ClFN2O2. The summed E-state index contributed by atoms with van der Waals surface area (Å²) >= 11 is 5.37. The van der Waals surface area contributed by atoms with Crippen molar-refractivity contribution in [2.45, 2.75) is 6.30 Å². The van der Waals surface area contributed by atoms with E-state index in [1.54, 1.807) is 0 Å². The lowest BCUT2D eigenvalue weighted by molar-refractivity contribution is -0.146. The maximum atomic E-state index is 12.5. The zero-order valence-corrected chi connectivity index (χ0v) is 5.99. The number of rotatable bonds is 2. The normalized spacial score (nSPS) is 12.9. The highest BCUT2D eigenvalue weighted by Crippen LogP contribution is 2.11. The van der Waals surface area contributed by atoms with Gasteiger partial charge >= 0.3 is 5.97 Å². The topological polar surface area (TPSA) is 55.1 Å². The number of halogens is 2. The fourth-order valence-corrected chi connectivity index (χ4v) is 0.696. The number of nitrogens with zero attached hydrogens (tertiary/aromatic N) is 2. The van der Waals surface area contributed by atoms with Crippen LogP contribution in [0.1, 0.15) is 6.30 Å². The lowest BCUT2D eigenvalue weighted by Gasteiger charge is -2.00. The molecular weight excluding hydrogens is 175 g/mol. The van der Waals surface area contributed by atoms with E-state index in [-0.39, 0.29) is 5.02 Å². The number of carboxylic acids is 1. The monoisotopic (exact) mass is 178 g/mol. The van der Waals surface area contributed by atoms with E-state index in [1.165, 1.54) is 0 Å². The molecule has 0 bridgehead atoms. The first-order valence-electron chi connectivity index (χ1n) is 2.68. The quantitative estimate of drug-likeness (QED) is 0.738. The smallest absolute Gasteiger partial charge is 0.361 e. The van der Waals surface area contributed by atoms with Crippen LogP contribution in [0.2, 0.25) is 5.02 Å². The Labute approximate surface area is 66.2 Å². The average molecular weight is 179 g/mol. The molecule has 60 valence electrons. The van der Waals surface area contributed by atoms with E-state index in [2.05, 4.69) is 5.10 Å². The van der Waals surface area contributed by atoms with E-state index in [1.807, 2.05) is 0 Å². The molecule has 0 saturated carbocycles. The third-order valence-corrected chi connectivity index (χ3v) is 1.20. The molecule has 0 aliphatic heterocycles. The van der Waals surface area contributed by atoms with Crippen molar-refractivity contribution in [1.29, 1.82) is 0 Å². The minimum absolute atomic E-state index is 0.203. The van der Waals surface area contributed by atoms with Gasteiger partial charge in [-0.15, -0.1) is 0 Å². The minimum atomic E-state index is -2.16. The van der Waals surface area contributed by atoms with Gasteiger partial charge in [-0.25, -0.2) is 13.9 Å². The van der Waals surface area contributed by atoms with Gasteiger partial charge in [0.05, 0.1) is 11.2 Å². The maximum absolute atomic E-state index is 12.5. The second kappa shape index (κ2) is 2.87. The largest absolute Gasteiger partial charge is 0.478 e. The summed E-state index contributed by atoms with van der Waals surface area (Å²) < 4.78 is 13.1. The van der Waals surface area contributed by atoms with Gasteiger partial charge in [-0.05, 0) is 0 Å². The van der Waals surface area contributed by atoms with E-state index in [0.717, 1.165) is 12.4 Å². The van der Waals surface area contributed by atoms with E-state index in [9.17, 15) is 9.18 Å². The Morgan fingerprint density at radius 2 is 2.55 bits per heavy atom. The summed E-state index contributed by atoms with van der Waals surface area (Å²) in [6.45, 7) is 0. The van der Waals surface area contributed by atoms with E-state index < -0.39 is 12.3 Å². The predicted molar refractivity (Wildman–Crippen MR) is 35.0 cm³/mol. The van der Waals surface area contributed by atoms with Crippen LogP contribution in [-0.2, 0) is 4.79 Å². The van der Waals surface area contributed by atoms with Gasteiger partial charge in [0.15, 0.2) is 0 Å². The zero-order chi connectivity index (χ0) is 8.43. The number of hydrogen-bond donors (Lipinski definition) is 1. The van der Waals surface area contributed by atoms with Crippen LogP contribution in [0.4, 0.5) is 4.39 Å². The molecule has 0 radical (unpaired) electrons. The molecule has 1 atom stereocenters. The first kappa shape index (κ1) is 8.00. The molecule has 0 aromatic carbocycles. The number of aliphatic carboxylic acids is 1. The summed E-state index contributed by atoms with van der Waals surface area (Å²) in [5.74, 6) is -1.59. The number of carboxylic acid groups (broad SMARTS) is 1. The third kappa shape index (κ3) is 1.68. The predicted octanol–water partition coefficient (Wildman–Crippen LogP) is 1.09. The van der Waals surface area contributed by atoms with Crippen LogP contribution in [0.25, 0.3) is 0 Å². The molecule has 6 heteroatoms. The minimum Gasteiger partial charge on any atom is -0.478 e. The highest BCUT2D eigenvalue weighted by atomic mass is 35.5. The molecule has 1 heterocycles. The standard InChI is InChI=1S/C5H4ClFN2O2/c6-3-1-8-9(2-3)4(7)5(10)11/h1-2,4H,(H,10,11). The third-order valence-electron chi connectivity index (χ3n) is 1.01. The number of aromatic nitrogens is 2. The zero-order valence-electron chi connectivity index (χ0n) is 5.24. The molecule has 1 aromatic rings. The molecule has 0 saturated heterocycles. The first-order valence-corrected chi connectivity index (χ1v) is 3.05. The van der Waals surface area contributed by atoms with Crippen molar-refractivity contribution >= 4 is 17.6 Å². The van der Waals surface area contributed by atoms with Crippen LogP contribution >= 0.6 is 11.6 Å². The van der Waals surface area contributed by atoms with Crippen LogP contribution in [0, 0.1) is 0 Å². The molecule has 1 N–H and O–H groups in total. The van der Waals surface area contributed by atoms with E-state index >= 15 is 0 Å². The number of alkyl halides is 1. The van der Waals surface area contributed by atoms with Crippen LogP contribution in [0.3, 0.4) is 0 Å². The van der Waals surface area contributed by atoms with Gasteiger partial charge in [-0.2, -0.15) is 5.10 Å². The number of carbonyl (C=O) groups is 1. The molecule has 0 aliphatic rings. The molecule has 11 heavy (non-hydrogen) atoms. The molecule has 1 unspecified atom stereocenters. The summed E-state index contributed by atoms with van der Waals surface area (Å²) in [6.07, 6.45) is 0.0970. The fourth-order valence-electron chi connectivity index (χ4n) is 0.552. The lowest BCUT2D eigenvalue weighted by Crippen LogP contribution is -2.14. The Balaban J connectivity index is 2.84. The SMILES string of the molecule is O=C(O)C(F)n1cc(Cl)cn1. The van der Waals surface area contributed by atoms with Gasteiger partial charge in [-0.1, -0.05) is 11.6 Å². The Morgan fingerprint density at radius 3 is 2.91 bits per heavy atom. The van der Waals surface area contributed by atoms with Crippen LogP contribution in [0.5, 0.6) is 0 Å². The lowest BCUT2D eigenvalue weighted by atomic mass is 10.6. The maximum Gasteiger partial charge on any atom is 0.361 e. The van der Waals surface area contributed by atoms with Crippen LogP contribution < -0.4 is 0 Å². The molecule has 4 nitrogen and oxygen atoms in total. The van der Waals surface area contributed by atoms with Crippen molar-refractivity contribution < 1.29 is 14.3 Å². The van der Waals surface area contributed by atoms with Crippen molar-refractivity contribution in [2.75, 3.05) is 0 Å². The Hall–Kier alpha value is -1.10. The van der Waals surface area contributed by atoms with Gasteiger partial charge in [0, 0.05) is 6.20 Å². The average Bonchev–Trinajstić information content (AvgIpc) is 2.34. The van der Waals surface area contributed by atoms with Crippen molar-refractivity contribution in [3.05, 3.63) is 17.4 Å². The highest BCUT2D eigenvalue weighted by Gasteiger charge is 2.17. The van der Waals surface area contributed by atoms with Crippen molar-refractivity contribution in [2.24, 2.45) is 0 Å². The summed E-state index contributed by atoms with van der Waals surface area (Å²) in [5.41, 5.74) is 0. The van der Waals surface area contributed by atoms with Gasteiger partial charge < -0.3 is 5.11 Å². The molecule has 1 aromatic heterocycles. The first-order chi connectivity index (χ1) is 5.11. The van der Waals surface area contributed by atoms with Crippen LogP contribution in [-0.4, -0.2) is 20.9 Å². The van der Waals surface area contributed by atoms with Crippen molar-refractivity contribution in [1.82, 2.24) is 9.78 Å². The summed E-state index contributed by atoms with van der Waals surface area (Å²) in [6, 6.07) is 0. The molecule has 0 fully saturated rings. The van der Waals surface area contributed by atoms with Gasteiger partial charge in [0.1, 0.15) is 0 Å². The molecule has 0 spiro atoms. The second-order valence-corrected chi connectivity index (χ2v) is 2.25.